The van der Waals surface area contributed by atoms with Crippen LogP contribution >= 0.6 is 0 Å². The normalized spacial score (nSPS) is 13.7. The molecule has 0 aliphatic heterocycles. The van der Waals surface area contributed by atoms with Crippen LogP contribution in [0.25, 0.3) is 0 Å². The Morgan fingerprint density at radius 1 is 1.30 bits per heavy atom. The first-order valence-corrected chi connectivity index (χ1v) is 8.68. The summed E-state index contributed by atoms with van der Waals surface area (Å²) in [7, 11) is -1.52. The lowest BCUT2D eigenvalue weighted by Crippen LogP contribution is -2.32. The molecule has 0 heterocycles. The highest BCUT2D eigenvalue weighted by Gasteiger charge is 2.23. The number of sulfonamides is 1. The SMILES string of the molecule is CCCCN(CC)S(=O)(=O)c1cccc(C(C)NC)c1. The average Bonchev–Trinajstić information content (AvgIpc) is 2.47. The van der Waals surface area contributed by atoms with Crippen molar-refractivity contribution < 1.29 is 8.42 Å². The minimum Gasteiger partial charge on any atom is -0.313 e. The molecule has 0 aliphatic carbocycles. The summed E-state index contributed by atoms with van der Waals surface area (Å²) in [5.41, 5.74) is 0.986. The maximum Gasteiger partial charge on any atom is 0.243 e. The average molecular weight is 298 g/mol. The molecule has 0 bridgehead atoms. The maximum atomic E-state index is 12.6. The number of unbranched alkanes of at least 4 members (excludes halogenated alkanes) is 1. The third-order valence-corrected chi connectivity index (χ3v) is 5.51. The fraction of sp³-hybridized carbons (Fsp3) is 0.600. The van der Waals surface area contributed by atoms with E-state index in [-0.39, 0.29) is 6.04 Å². The van der Waals surface area contributed by atoms with E-state index in [1.165, 1.54) is 0 Å². The zero-order valence-electron chi connectivity index (χ0n) is 12.9. The lowest BCUT2D eigenvalue weighted by molar-refractivity contribution is 0.419. The first-order chi connectivity index (χ1) is 9.47. The van der Waals surface area contributed by atoms with Crippen LogP contribution in [0.15, 0.2) is 29.2 Å². The predicted octanol–water partition coefficient (Wildman–Crippen LogP) is 2.78. The number of nitrogens with one attached hydrogen (secondary N) is 1. The van der Waals surface area contributed by atoms with Gasteiger partial charge < -0.3 is 5.32 Å². The molecule has 1 rings (SSSR count). The fourth-order valence-corrected chi connectivity index (χ4v) is 3.59. The second kappa shape index (κ2) is 7.76. The van der Waals surface area contributed by atoms with E-state index in [1.807, 2.05) is 33.0 Å². The van der Waals surface area contributed by atoms with E-state index in [0.717, 1.165) is 18.4 Å². The van der Waals surface area contributed by atoms with Gasteiger partial charge in [0.1, 0.15) is 0 Å². The molecular weight excluding hydrogens is 272 g/mol. The van der Waals surface area contributed by atoms with Crippen LogP contribution in [0.3, 0.4) is 0 Å². The predicted molar refractivity (Wildman–Crippen MR) is 83.3 cm³/mol. The summed E-state index contributed by atoms with van der Waals surface area (Å²) in [5, 5.41) is 3.13. The molecule has 0 radical (unpaired) electrons. The molecule has 5 heteroatoms. The van der Waals surface area contributed by atoms with E-state index in [0.29, 0.717) is 18.0 Å². The Hall–Kier alpha value is -0.910. The monoisotopic (exact) mass is 298 g/mol. The van der Waals surface area contributed by atoms with Crippen LogP contribution < -0.4 is 5.32 Å². The van der Waals surface area contributed by atoms with E-state index >= 15 is 0 Å². The van der Waals surface area contributed by atoms with Gasteiger partial charge in [-0.05, 0) is 38.1 Å². The quantitative estimate of drug-likeness (QED) is 0.803. The van der Waals surface area contributed by atoms with Gasteiger partial charge in [0.2, 0.25) is 10.0 Å². The molecule has 0 amide bonds. The fourth-order valence-electron chi connectivity index (χ4n) is 2.04. The molecule has 0 fully saturated rings. The Labute approximate surface area is 123 Å². The Morgan fingerprint density at radius 3 is 2.55 bits per heavy atom. The largest absolute Gasteiger partial charge is 0.313 e. The van der Waals surface area contributed by atoms with Gasteiger partial charge in [0.05, 0.1) is 4.90 Å². The standard InChI is InChI=1S/C15H26N2O2S/c1-5-7-11-17(6-2)20(18,19)15-10-8-9-14(12-15)13(3)16-4/h8-10,12-13,16H,5-7,11H2,1-4H3. The van der Waals surface area contributed by atoms with Gasteiger partial charge in [-0.25, -0.2) is 8.42 Å². The Morgan fingerprint density at radius 2 is 2.00 bits per heavy atom. The molecule has 1 unspecified atom stereocenters. The van der Waals surface area contributed by atoms with E-state index in [1.54, 1.807) is 16.4 Å². The zero-order chi connectivity index (χ0) is 15.2. The number of nitrogens with zero attached hydrogens (tertiary/aromatic N) is 1. The molecule has 0 saturated heterocycles. The van der Waals surface area contributed by atoms with Crippen molar-refractivity contribution in [3.8, 4) is 0 Å². The summed E-state index contributed by atoms with van der Waals surface area (Å²) in [6, 6.07) is 7.34. The first kappa shape index (κ1) is 17.1. The van der Waals surface area contributed by atoms with E-state index in [9.17, 15) is 8.42 Å². The van der Waals surface area contributed by atoms with Crippen molar-refractivity contribution in [2.75, 3.05) is 20.1 Å². The van der Waals surface area contributed by atoms with Crippen LogP contribution in [0.2, 0.25) is 0 Å². The molecule has 114 valence electrons. The lowest BCUT2D eigenvalue weighted by atomic mass is 10.1. The molecule has 4 nitrogen and oxygen atoms in total. The summed E-state index contributed by atoms with van der Waals surface area (Å²) in [5.74, 6) is 0. The van der Waals surface area contributed by atoms with Crippen molar-refractivity contribution in [1.29, 1.82) is 0 Å². The summed E-state index contributed by atoms with van der Waals surface area (Å²) < 4.78 is 26.8. The number of rotatable bonds is 8. The van der Waals surface area contributed by atoms with E-state index in [2.05, 4.69) is 12.2 Å². The van der Waals surface area contributed by atoms with Gasteiger partial charge in [0.25, 0.3) is 0 Å². The van der Waals surface area contributed by atoms with Crippen LogP contribution in [0, 0.1) is 0 Å². The highest BCUT2D eigenvalue weighted by Crippen LogP contribution is 2.20. The third kappa shape index (κ3) is 4.04. The highest BCUT2D eigenvalue weighted by atomic mass is 32.2. The molecule has 0 aromatic heterocycles. The van der Waals surface area contributed by atoms with E-state index < -0.39 is 10.0 Å². The summed E-state index contributed by atoms with van der Waals surface area (Å²) >= 11 is 0. The second-order valence-electron chi connectivity index (χ2n) is 4.93. The molecule has 0 aliphatic rings. The lowest BCUT2D eigenvalue weighted by Gasteiger charge is -2.21. The first-order valence-electron chi connectivity index (χ1n) is 7.24. The molecule has 1 N–H and O–H groups in total. The smallest absolute Gasteiger partial charge is 0.243 e. The highest BCUT2D eigenvalue weighted by molar-refractivity contribution is 7.89. The minimum atomic E-state index is -3.38. The van der Waals surface area contributed by atoms with Crippen LogP contribution in [-0.2, 0) is 10.0 Å². The van der Waals surface area contributed by atoms with Crippen LogP contribution in [0.4, 0.5) is 0 Å². The summed E-state index contributed by atoms with van der Waals surface area (Å²) in [6.07, 6.45) is 1.88. The number of hydrogen-bond donors (Lipinski definition) is 1. The topological polar surface area (TPSA) is 49.4 Å². The molecule has 20 heavy (non-hydrogen) atoms. The second-order valence-corrected chi connectivity index (χ2v) is 6.87. The van der Waals surface area contributed by atoms with Crippen molar-refractivity contribution in [1.82, 2.24) is 9.62 Å². The van der Waals surface area contributed by atoms with Gasteiger partial charge in [0, 0.05) is 19.1 Å². The van der Waals surface area contributed by atoms with Crippen molar-refractivity contribution >= 4 is 10.0 Å². The molecule has 0 saturated carbocycles. The van der Waals surface area contributed by atoms with Gasteiger partial charge in [-0.1, -0.05) is 32.4 Å². The van der Waals surface area contributed by atoms with Crippen molar-refractivity contribution in [3.63, 3.8) is 0 Å². The van der Waals surface area contributed by atoms with Gasteiger partial charge in [-0.15, -0.1) is 0 Å². The molecular formula is C15H26N2O2S. The van der Waals surface area contributed by atoms with E-state index in [4.69, 9.17) is 0 Å². The van der Waals surface area contributed by atoms with Crippen molar-refractivity contribution in [2.24, 2.45) is 0 Å². The maximum absolute atomic E-state index is 12.6. The molecule has 1 atom stereocenters. The van der Waals surface area contributed by atoms with Gasteiger partial charge in [-0.3, -0.25) is 0 Å². The molecule has 1 aromatic rings. The summed E-state index contributed by atoms with van der Waals surface area (Å²) in [4.78, 5) is 0.384. The Balaban J connectivity index is 3.07. The Bertz CT molecular complexity index is 514. The minimum absolute atomic E-state index is 0.135. The van der Waals surface area contributed by atoms with Crippen LogP contribution in [0.1, 0.15) is 45.2 Å². The zero-order valence-corrected chi connectivity index (χ0v) is 13.7. The molecule has 0 spiro atoms. The number of benzene rings is 1. The van der Waals surface area contributed by atoms with Crippen molar-refractivity contribution in [2.45, 2.75) is 44.6 Å². The number of hydrogen-bond acceptors (Lipinski definition) is 3. The molecule has 1 aromatic carbocycles. The Kier molecular flexibility index (Phi) is 6.65. The van der Waals surface area contributed by atoms with Crippen molar-refractivity contribution in [3.05, 3.63) is 29.8 Å². The van der Waals surface area contributed by atoms with Gasteiger partial charge >= 0.3 is 0 Å². The van der Waals surface area contributed by atoms with Crippen LogP contribution in [0.5, 0.6) is 0 Å². The third-order valence-electron chi connectivity index (χ3n) is 3.54. The van der Waals surface area contributed by atoms with Crippen LogP contribution in [-0.4, -0.2) is 32.9 Å². The van der Waals surface area contributed by atoms with Gasteiger partial charge in [-0.2, -0.15) is 4.31 Å². The van der Waals surface area contributed by atoms with Gasteiger partial charge in [0.15, 0.2) is 0 Å². The summed E-state index contributed by atoms with van der Waals surface area (Å²) in [6.45, 7) is 7.05.